The maximum Gasteiger partial charge on any atom is 0.338 e. The summed E-state index contributed by atoms with van der Waals surface area (Å²) >= 11 is 0. The average molecular weight is 301 g/mol. The van der Waals surface area contributed by atoms with Gasteiger partial charge in [-0.25, -0.2) is 4.79 Å². The molecular weight excluding hydrogens is 278 g/mol. The molecule has 0 aromatic heterocycles. The van der Waals surface area contributed by atoms with Crippen LogP contribution in [0.15, 0.2) is 18.2 Å². The second-order valence-electron chi connectivity index (χ2n) is 7.20. The highest BCUT2D eigenvalue weighted by Crippen LogP contribution is 2.55. The molecule has 0 N–H and O–H groups in total. The Kier molecular flexibility index (Phi) is 3.19. The molecule has 22 heavy (non-hydrogen) atoms. The highest BCUT2D eigenvalue weighted by Gasteiger charge is 2.53. The zero-order chi connectivity index (χ0) is 15.3. The number of benzene rings is 1. The average Bonchev–Trinajstić information content (AvgIpc) is 3.18. The smallest absolute Gasteiger partial charge is 0.338 e. The molecule has 1 atom stereocenters. The monoisotopic (exact) mass is 301 g/mol. The standard InChI is InChI=1S/C18H23NO3/c1-12(2)19-8-7-18(5-6-18)16(10-19)22-14-3-4-15-13(9-14)11-21-17(15)20/h3-4,9,12,16H,5-8,10-11H2,1-2H3/t16-/m0/s1. The largest absolute Gasteiger partial charge is 0.489 e. The van der Waals surface area contributed by atoms with E-state index in [0.29, 0.717) is 23.6 Å². The van der Waals surface area contributed by atoms with Gasteiger partial charge in [0.1, 0.15) is 18.5 Å². The van der Waals surface area contributed by atoms with E-state index in [-0.39, 0.29) is 12.1 Å². The zero-order valence-corrected chi connectivity index (χ0v) is 13.3. The number of fused-ring (bicyclic) bond motifs is 1. The molecule has 1 saturated heterocycles. The van der Waals surface area contributed by atoms with Crippen LogP contribution in [0.4, 0.5) is 0 Å². The molecule has 1 spiro atoms. The molecule has 0 radical (unpaired) electrons. The van der Waals surface area contributed by atoms with Crippen LogP contribution in [0.3, 0.4) is 0 Å². The molecule has 4 nitrogen and oxygen atoms in total. The van der Waals surface area contributed by atoms with Gasteiger partial charge in [-0.1, -0.05) is 0 Å². The number of hydrogen-bond donors (Lipinski definition) is 0. The van der Waals surface area contributed by atoms with Gasteiger partial charge < -0.3 is 9.47 Å². The lowest BCUT2D eigenvalue weighted by atomic mass is 9.89. The van der Waals surface area contributed by atoms with Gasteiger partial charge in [-0.2, -0.15) is 0 Å². The van der Waals surface area contributed by atoms with Crippen molar-refractivity contribution in [3.63, 3.8) is 0 Å². The number of carbonyl (C=O) groups is 1. The molecule has 4 heteroatoms. The number of cyclic esters (lactones) is 1. The van der Waals surface area contributed by atoms with Crippen molar-refractivity contribution in [1.29, 1.82) is 0 Å². The van der Waals surface area contributed by atoms with Gasteiger partial charge in [0.2, 0.25) is 0 Å². The van der Waals surface area contributed by atoms with Crippen LogP contribution in [0, 0.1) is 5.41 Å². The van der Waals surface area contributed by atoms with Crippen molar-refractivity contribution in [3.05, 3.63) is 29.3 Å². The van der Waals surface area contributed by atoms with Crippen LogP contribution in [0.2, 0.25) is 0 Å². The van der Waals surface area contributed by atoms with Gasteiger partial charge in [0, 0.05) is 23.6 Å². The maximum absolute atomic E-state index is 11.5. The van der Waals surface area contributed by atoms with Gasteiger partial charge in [-0.15, -0.1) is 0 Å². The lowest BCUT2D eigenvalue weighted by molar-refractivity contribution is 0.0133. The van der Waals surface area contributed by atoms with E-state index < -0.39 is 0 Å². The lowest BCUT2D eigenvalue weighted by Crippen LogP contribution is -2.50. The predicted molar refractivity (Wildman–Crippen MR) is 83.0 cm³/mol. The number of carbonyl (C=O) groups excluding carboxylic acids is 1. The summed E-state index contributed by atoms with van der Waals surface area (Å²) in [6, 6.07) is 6.29. The van der Waals surface area contributed by atoms with Crippen LogP contribution in [0.5, 0.6) is 5.75 Å². The third-order valence-electron chi connectivity index (χ3n) is 5.54. The van der Waals surface area contributed by atoms with E-state index in [0.717, 1.165) is 17.9 Å². The summed E-state index contributed by atoms with van der Waals surface area (Å²) in [5.74, 6) is 0.655. The van der Waals surface area contributed by atoms with Gasteiger partial charge in [-0.05, 0) is 57.9 Å². The minimum Gasteiger partial charge on any atom is -0.489 e. The minimum atomic E-state index is -0.219. The molecule has 1 saturated carbocycles. The van der Waals surface area contributed by atoms with Gasteiger partial charge in [0.15, 0.2) is 0 Å². The van der Waals surface area contributed by atoms with E-state index in [1.807, 2.05) is 18.2 Å². The van der Waals surface area contributed by atoms with Crippen molar-refractivity contribution in [3.8, 4) is 5.75 Å². The Bertz CT molecular complexity index is 606. The topological polar surface area (TPSA) is 38.8 Å². The van der Waals surface area contributed by atoms with E-state index in [1.54, 1.807) is 0 Å². The normalized spacial score (nSPS) is 26.1. The summed E-state index contributed by atoms with van der Waals surface area (Å²) in [6.07, 6.45) is 4.08. The second kappa shape index (κ2) is 4.98. The highest BCUT2D eigenvalue weighted by molar-refractivity contribution is 5.93. The Hall–Kier alpha value is -1.55. The molecule has 2 aliphatic heterocycles. The molecule has 2 heterocycles. The summed E-state index contributed by atoms with van der Waals surface area (Å²) in [4.78, 5) is 14.0. The Morgan fingerprint density at radius 1 is 1.32 bits per heavy atom. The molecule has 0 bridgehead atoms. The molecule has 2 fully saturated rings. The molecule has 0 unspecified atom stereocenters. The Morgan fingerprint density at radius 3 is 2.86 bits per heavy atom. The number of esters is 1. The van der Waals surface area contributed by atoms with E-state index in [9.17, 15) is 4.79 Å². The Balaban J connectivity index is 1.53. The summed E-state index contributed by atoms with van der Waals surface area (Å²) in [5.41, 5.74) is 2.03. The highest BCUT2D eigenvalue weighted by atomic mass is 16.5. The van der Waals surface area contributed by atoms with Crippen LogP contribution < -0.4 is 4.74 Å². The van der Waals surface area contributed by atoms with Crippen LogP contribution in [0.1, 0.15) is 49.0 Å². The first-order valence-corrected chi connectivity index (χ1v) is 8.28. The fourth-order valence-corrected chi connectivity index (χ4v) is 3.74. The summed E-state index contributed by atoms with van der Waals surface area (Å²) in [5, 5.41) is 0. The fraction of sp³-hybridized carbons (Fsp3) is 0.611. The van der Waals surface area contributed by atoms with Gasteiger partial charge in [0.25, 0.3) is 0 Å². The molecule has 0 amide bonds. The third-order valence-corrected chi connectivity index (χ3v) is 5.54. The molecule has 118 valence electrons. The molecular formula is C18H23NO3. The Labute approximate surface area is 131 Å². The van der Waals surface area contributed by atoms with Gasteiger partial charge in [0.05, 0.1) is 5.56 Å². The first-order valence-electron chi connectivity index (χ1n) is 8.28. The number of nitrogens with zero attached hydrogens (tertiary/aromatic N) is 1. The SMILES string of the molecule is CC(C)N1CCC2(CC2)[C@@H](Oc2ccc3c(c2)COC3=O)C1. The number of rotatable bonds is 3. The second-order valence-corrected chi connectivity index (χ2v) is 7.20. The van der Waals surface area contributed by atoms with E-state index in [2.05, 4.69) is 18.7 Å². The Morgan fingerprint density at radius 2 is 2.14 bits per heavy atom. The van der Waals surface area contributed by atoms with Crippen molar-refractivity contribution in [2.24, 2.45) is 5.41 Å². The summed E-state index contributed by atoms with van der Waals surface area (Å²) < 4.78 is 11.4. The van der Waals surface area contributed by atoms with Crippen molar-refractivity contribution >= 4 is 5.97 Å². The maximum atomic E-state index is 11.5. The summed E-state index contributed by atoms with van der Waals surface area (Å²) in [6.45, 7) is 7.06. The number of hydrogen-bond acceptors (Lipinski definition) is 4. The van der Waals surface area contributed by atoms with Crippen LogP contribution in [0.25, 0.3) is 0 Å². The van der Waals surface area contributed by atoms with Crippen molar-refractivity contribution in [1.82, 2.24) is 4.90 Å². The zero-order valence-electron chi connectivity index (χ0n) is 13.3. The van der Waals surface area contributed by atoms with Gasteiger partial charge >= 0.3 is 5.97 Å². The fourth-order valence-electron chi connectivity index (χ4n) is 3.74. The predicted octanol–water partition coefficient (Wildman–Crippen LogP) is 3.00. The van der Waals surface area contributed by atoms with E-state index >= 15 is 0 Å². The first-order chi connectivity index (χ1) is 10.6. The lowest BCUT2D eigenvalue weighted by Gasteiger charge is -2.41. The number of ether oxygens (including phenoxy) is 2. The molecule has 4 rings (SSSR count). The van der Waals surface area contributed by atoms with Crippen LogP contribution >= 0.6 is 0 Å². The molecule has 3 aliphatic rings. The van der Waals surface area contributed by atoms with E-state index in [4.69, 9.17) is 9.47 Å². The third kappa shape index (κ3) is 2.30. The van der Waals surface area contributed by atoms with E-state index in [1.165, 1.54) is 25.8 Å². The quantitative estimate of drug-likeness (QED) is 0.805. The van der Waals surface area contributed by atoms with Crippen molar-refractivity contribution in [2.45, 2.75) is 51.9 Å². The molecule has 1 aliphatic carbocycles. The van der Waals surface area contributed by atoms with Crippen molar-refractivity contribution < 1.29 is 14.3 Å². The van der Waals surface area contributed by atoms with Crippen LogP contribution in [-0.2, 0) is 11.3 Å². The number of piperidine rings is 1. The van der Waals surface area contributed by atoms with Gasteiger partial charge in [-0.3, -0.25) is 4.90 Å². The molecule has 1 aromatic carbocycles. The first kappa shape index (κ1) is 14.1. The molecule has 1 aromatic rings. The van der Waals surface area contributed by atoms with Crippen LogP contribution in [-0.4, -0.2) is 36.1 Å². The number of likely N-dealkylation sites (tertiary alicyclic amines) is 1. The summed E-state index contributed by atoms with van der Waals surface area (Å²) in [7, 11) is 0. The van der Waals surface area contributed by atoms with Crippen molar-refractivity contribution in [2.75, 3.05) is 13.1 Å². The minimum absolute atomic E-state index is 0.219.